The summed E-state index contributed by atoms with van der Waals surface area (Å²) in [5.74, 6) is -0.0603. The van der Waals surface area contributed by atoms with Crippen molar-refractivity contribution in [3.63, 3.8) is 0 Å². The Bertz CT molecular complexity index is 672. The van der Waals surface area contributed by atoms with E-state index in [9.17, 15) is 9.90 Å². The fraction of sp³-hybridized carbons (Fsp3) is 0.579. The Morgan fingerprint density at radius 2 is 2.16 bits per heavy atom. The zero-order valence-electron chi connectivity index (χ0n) is 14.5. The van der Waals surface area contributed by atoms with Gasteiger partial charge in [-0.2, -0.15) is 5.26 Å². The Morgan fingerprint density at radius 3 is 2.84 bits per heavy atom. The second kappa shape index (κ2) is 7.12. The Kier molecular flexibility index (Phi) is 5.09. The summed E-state index contributed by atoms with van der Waals surface area (Å²) in [6.45, 7) is 1.98. The van der Waals surface area contributed by atoms with Gasteiger partial charge in [-0.05, 0) is 31.0 Å². The Labute approximate surface area is 147 Å². The number of hydrogen-bond acceptors (Lipinski definition) is 5. The number of methoxy groups -OCH3 is 1. The summed E-state index contributed by atoms with van der Waals surface area (Å²) in [6.07, 6.45) is 2.51. The maximum absolute atomic E-state index is 12.7. The number of amides is 1. The molecule has 6 nitrogen and oxygen atoms in total. The lowest BCUT2D eigenvalue weighted by Gasteiger charge is -2.49. The van der Waals surface area contributed by atoms with Crippen molar-refractivity contribution in [1.82, 2.24) is 4.90 Å². The highest BCUT2D eigenvalue weighted by Gasteiger charge is 2.47. The predicted octanol–water partition coefficient (Wildman–Crippen LogP) is 1.72. The zero-order valence-corrected chi connectivity index (χ0v) is 14.5. The van der Waals surface area contributed by atoms with Crippen LogP contribution >= 0.6 is 0 Å². The van der Waals surface area contributed by atoms with Gasteiger partial charge in [0, 0.05) is 38.6 Å². The molecule has 2 aliphatic rings. The van der Waals surface area contributed by atoms with E-state index in [-0.39, 0.29) is 11.5 Å². The van der Waals surface area contributed by atoms with Crippen LogP contribution in [0.4, 0.5) is 0 Å². The number of rotatable bonds is 3. The SMILES string of the molecule is COCC1(O)CCOC2(CCN(C(=O)c3cccc(C#N)c3)CC2)C1. The van der Waals surface area contributed by atoms with Crippen molar-refractivity contribution < 1.29 is 19.4 Å². The number of carbonyl (C=O) groups is 1. The molecule has 0 saturated carbocycles. The molecule has 1 N–H and O–H groups in total. The van der Waals surface area contributed by atoms with Crippen LogP contribution in [0.1, 0.15) is 41.6 Å². The van der Waals surface area contributed by atoms with E-state index in [0.717, 1.165) is 0 Å². The van der Waals surface area contributed by atoms with Crippen molar-refractivity contribution in [3.8, 4) is 6.07 Å². The van der Waals surface area contributed by atoms with Crippen LogP contribution in [0.5, 0.6) is 0 Å². The van der Waals surface area contributed by atoms with E-state index in [0.29, 0.717) is 63.1 Å². The minimum absolute atomic E-state index is 0.0603. The average molecular weight is 344 g/mol. The summed E-state index contributed by atoms with van der Waals surface area (Å²) in [7, 11) is 1.59. The molecule has 1 unspecified atom stereocenters. The molecule has 1 atom stereocenters. The van der Waals surface area contributed by atoms with Gasteiger partial charge >= 0.3 is 0 Å². The van der Waals surface area contributed by atoms with Crippen LogP contribution < -0.4 is 0 Å². The van der Waals surface area contributed by atoms with Gasteiger partial charge in [0.25, 0.3) is 5.91 Å². The minimum Gasteiger partial charge on any atom is -0.387 e. The molecule has 1 amide bonds. The number of nitrogens with zero attached hydrogens (tertiary/aromatic N) is 2. The summed E-state index contributed by atoms with van der Waals surface area (Å²) in [4.78, 5) is 14.5. The van der Waals surface area contributed by atoms with Crippen molar-refractivity contribution in [3.05, 3.63) is 35.4 Å². The molecular weight excluding hydrogens is 320 g/mol. The molecule has 1 aromatic carbocycles. The Morgan fingerprint density at radius 1 is 1.40 bits per heavy atom. The summed E-state index contributed by atoms with van der Waals surface area (Å²) in [5, 5.41) is 19.7. The highest BCUT2D eigenvalue weighted by atomic mass is 16.5. The van der Waals surface area contributed by atoms with Crippen molar-refractivity contribution in [1.29, 1.82) is 5.26 Å². The number of aliphatic hydroxyl groups is 1. The van der Waals surface area contributed by atoms with Crippen LogP contribution in [-0.2, 0) is 9.47 Å². The third-order valence-electron chi connectivity index (χ3n) is 5.24. The number of ether oxygens (including phenoxy) is 2. The van der Waals surface area contributed by atoms with E-state index in [4.69, 9.17) is 14.7 Å². The smallest absolute Gasteiger partial charge is 0.253 e. The van der Waals surface area contributed by atoms with Gasteiger partial charge in [-0.3, -0.25) is 4.79 Å². The van der Waals surface area contributed by atoms with Gasteiger partial charge in [0.2, 0.25) is 0 Å². The quantitative estimate of drug-likeness (QED) is 0.903. The Balaban J connectivity index is 1.65. The van der Waals surface area contributed by atoms with E-state index in [1.165, 1.54) is 0 Å². The molecule has 2 fully saturated rings. The highest BCUT2D eigenvalue weighted by Crippen LogP contribution is 2.39. The molecular formula is C19H24N2O4. The van der Waals surface area contributed by atoms with Crippen LogP contribution in [0.25, 0.3) is 0 Å². The molecule has 2 saturated heterocycles. The third-order valence-corrected chi connectivity index (χ3v) is 5.24. The van der Waals surface area contributed by atoms with Gasteiger partial charge < -0.3 is 19.5 Å². The predicted molar refractivity (Wildman–Crippen MR) is 91.0 cm³/mol. The van der Waals surface area contributed by atoms with Crippen LogP contribution in [0.15, 0.2) is 24.3 Å². The van der Waals surface area contributed by atoms with E-state index in [1.807, 2.05) is 0 Å². The van der Waals surface area contributed by atoms with Gasteiger partial charge in [-0.15, -0.1) is 0 Å². The van der Waals surface area contributed by atoms with Crippen molar-refractivity contribution >= 4 is 5.91 Å². The van der Waals surface area contributed by atoms with Crippen LogP contribution in [0.3, 0.4) is 0 Å². The molecule has 6 heteroatoms. The number of likely N-dealkylation sites (tertiary alicyclic amines) is 1. The van der Waals surface area contributed by atoms with E-state index >= 15 is 0 Å². The molecule has 0 aromatic heterocycles. The molecule has 25 heavy (non-hydrogen) atoms. The van der Waals surface area contributed by atoms with Gasteiger partial charge in [0.1, 0.15) is 0 Å². The van der Waals surface area contributed by atoms with Crippen molar-refractivity contribution in [2.24, 2.45) is 0 Å². The molecule has 0 aliphatic carbocycles. The van der Waals surface area contributed by atoms with Crippen molar-refractivity contribution in [2.45, 2.75) is 36.9 Å². The standard InChI is InChI=1S/C19H24N2O4/c1-24-14-18(23)7-10-25-19(13-18)5-8-21(9-6-19)17(22)16-4-2-3-15(11-16)12-20/h2-4,11,23H,5-10,13-14H2,1H3. The fourth-order valence-corrected chi connectivity index (χ4v) is 3.93. The summed E-state index contributed by atoms with van der Waals surface area (Å²) in [6, 6.07) is 8.84. The van der Waals surface area contributed by atoms with E-state index in [2.05, 4.69) is 6.07 Å². The molecule has 1 aromatic rings. The second-order valence-electron chi connectivity index (χ2n) is 7.10. The zero-order chi connectivity index (χ0) is 17.9. The molecule has 2 aliphatic heterocycles. The van der Waals surface area contributed by atoms with Crippen LogP contribution in [0, 0.1) is 11.3 Å². The lowest BCUT2D eigenvalue weighted by atomic mass is 9.77. The largest absolute Gasteiger partial charge is 0.387 e. The lowest BCUT2D eigenvalue weighted by molar-refractivity contribution is -0.189. The van der Waals surface area contributed by atoms with Gasteiger partial charge in [-0.25, -0.2) is 0 Å². The summed E-state index contributed by atoms with van der Waals surface area (Å²) < 4.78 is 11.2. The molecule has 134 valence electrons. The van der Waals surface area contributed by atoms with Gasteiger partial charge in [0.15, 0.2) is 0 Å². The third kappa shape index (κ3) is 3.84. The maximum Gasteiger partial charge on any atom is 0.253 e. The maximum atomic E-state index is 12.7. The lowest BCUT2D eigenvalue weighted by Crippen LogP contribution is -2.56. The average Bonchev–Trinajstić information content (AvgIpc) is 2.62. The molecule has 3 rings (SSSR count). The number of hydrogen-bond donors (Lipinski definition) is 1. The Hall–Kier alpha value is -1.94. The number of piperidine rings is 1. The summed E-state index contributed by atoms with van der Waals surface area (Å²) >= 11 is 0. The molecule has 0 radical (unpaired) electrons. The van der Waals surface area contributed by atoms with Crippen molar-refractivity contribution in [2.75, 3.05) is 33.4 Å². The molecule has 1 spiro atoms. The van der Waals surface area contributed by atoms with Gasteiger partial charge in [-0.1, -0.05) is 6.07 Å². The first-order chi connectivity index (χ1) is 12.0. The number of benzene rings is 1. The monoisotopic (exact) mass is 344 g/mol. The second-order valence-corrected chi connectivity index (χ2v) is 7.10. The normalized spacial score (nSPS) is 25.6. The summed E-state index contributed by atoms with van der Waals surface area (Å²) in [5.41, 5.74) is -0.202. The molecule has 2 heterocycles. The number of carbonyl (C=O) groups excluding carboxylic acids is 1. The first-order valence-electron chi connectivity index (χ1n) is 8.64. The minimum atomic E-state index is -0.847. The van der Waals surface area contributed by atoms with Gasteiger partial charge in [0.05, 0.1) is 36.0 Å². The first-order valence-corrected chi connectivity index (χ1v) is 8.64. The van der Waals surface area contributed by atoms with Crippen LogP contribution in [-0.4, -0.2) is 60.5 Å². The highest BCUT2D eigenvalue weighted by molar-refractivity contribution is 5.94. The van der Waals surface area contributed by atoms with E-state index in [1.54, 1.807) is 36.3 Å². The number of nitriles is 1. The molecule has 0 bridgehead atoms. The van der Waals surface area contributed by atoms with E-state index < -0.39 is 5.60 Å². The van der Waals surface area contributed by atoms with Crippen LogP contribution in [0.2, 0.25) is 0 Å². The first kappa shape index (κ1) is 17.9. The topological polar surface area (TPSA) is 82.8 Å². The fourth-order valence-electron chi connectivity index (χ4n) is 3.93.